The first-order valence-corrected chi connectivity index (χ1v) is 10.2. The summed E-state index contributed by atoms with van der Waals surface area (Å²) in [6, 6.07) is 14.3. The monoisotopic (exact) mass is 390 g/mol. The third-order valence-electron chi connectivity index (χ3n) is 4.68. The second-order valence-electron chi connectivity index (χ2n) is 6.46. The number of nitrogens with zero attached hydrogens (tertiary/aromatic N) is 3. The maximum Gasteiger partial charge on any atom is 0.137 e. The average Bonchev–Trinajstić information content (AvgIpc) is 3.22. The van der Waals surface area contributed by atoms with Crippen molar-refractivity contribution in [2.45, 2.75) is 19.8 Å². The topological polar surface area (TPSA) is 59.9 Å². The summed E-state index contributed by atoms with van der Waals surface area (Å²) >= 11 is 1.68. The molecule has 0 spiro atoms. The molecular weight excluding hydrogens is 368 g/mol. The number of aryl methyl sites for hydroxylation is 1. The highest BCUT2D eigenvalue weighted by Crippen LogP contribution is 2.25. The van der Waals surface area contributed by atoms with Gasteiger partial charge in [0.05, 0.1) is 23.3 Å². The van der Waals surface area contributed by atoms with Gasteiger partial charge in [-0.15, -0.1) is 11.3 Å². The van der Waals surface area contributed by atoms with Crippen LogP contribution < -0.4 is 10.1 Å². The Morgan fingerprint density at radius 3 is 2.71 bits per heavy atom. The van der Waals surface area contributed by atoms with Crippen molar-refractivity contribution in [3.05, 3.63) is 64.7 Å². The predicted molar refractivity (Wildman–Crippen MR) is 115 cm³/mol. The number of rotatable bonds is 7. The zero-order valence-electron chi connectivity index (χ0n) is 16.0. The van der Waals surface area contributed by atoms with Crippen LogP contribution in [0.15, 0.2) is 54.2 Å². The molecule has 0 aliphatic heterocycles. The number of fused-ring (bicyclic) bond motifs is 1. The maximum atomic E-state index is 5.21. The van der Waals surface area contributed by atoms with Gasteiger partial charge in [0.2, 0.25) is 0 Å². The Kier molecular flexibility index (Phi) is 5.48. The van der Waals surface area contributed by atoms with Gasteiger partial charge in [-0.05, 0) is 48.4 Å². The number of hydrogen-bond donors (Lipinski definition) is 1. The third kappa shape index (κ3) is 3.97. The van der Waals surface area contributed by atoms with Gasteiger partial charge in [0, 0.05) is 29.3 Å². The van der Waals surface area contributed by atoms with E-state index in [4.69, 9.17) is 9.72 Å². The minimum atomic E-state index is 0.776. The minimum Gasteiger partial charge on any atom is -0.497 e. The minimum absolute atomic E-state index is 0.776. The van der Waals surface area contributed by atoms with Crippen molar-refractivity contribution in [2.24, 2.45) is 0 Å². The Morgan fingerprint density at radius 2 is 1.93 bits per heavy atom. The molecule has 6 heteroatoms. The first-order valence-electron chi connectivity index (χ1n) is 9.33. The van der Waals surface area contributed by atoms with Gasteiger partial charge in [0.1, 0.15) is 17.9 Å². The smallest absolute Gasteiger partial charge is 0.137 e. The second kappa shape index (κ2) is 8.35. The highest BCUT2D eigenvalue weighted by Gasteiger charge is 2.07. The molecule has 0 fully saturated rings. The summed E-state index contributed by atoms with van der Waals surface area (Å²) in [6.45, 7) is 2.93. The fourth-order valence-corrected chi connectivity index (χ4v) is 3.88. The van der Waals surface area contributed by atoms with E-state index < -0.39 is 0 Å². The summed E-state index contributed by atoms with van der Waals surface area (Å²) in [5, 5.41) is 7.72. The predicted octanol–water partition coefficient (Wildman–Crippen LogP) is 4.98. The zero-order chi connectivity index (χ0) is 19.3. The standard InChI is InChI=1S/C22H22N4OS/c1-3-15-4-9-19-18(12-15)22(25-14-24-19)23-11-10-21-26-20(13-28-21)16-5-7-17(27-2)8-6-16/h4-9,12-14H,3,10-11H2,1-2H3,(H,23,24,25). The number of ether oxygens (including phenoxy) is 1. The molecule has 0 saturated heterocycles. The van der Waals surface area contributed by atoms with Crippen LogP contribution in [0.4, 0.5) is 5.82 Å². The van der Waals surface area contributed by atoms with Crippen LogP contribution in [-0.4, -0.2) is 28.6 Å². The fraction of sp³-hybridized carbons (Fsp3) is 0.227. The van der Waals surface area contributed by atoms with Gasteiger partial charge in [-0.25, -0.2) is 15.0 Å². The van der Waals surface area contributed by atoms with E-state index in [-0.39, 0.29) is 0 Å². The highest BCUT2D eigenvalue weighted by atomic mass is 32.1. The summed E-state index contributed by atoms with van der Waals surface area (Å²) in [5.74, 6) is 1.74. The second-order valence-corrected chi connectivity index (χ2v) is 7.40. The van der Waals surface area contributed by atoms with Crippen molar-refractivity contribution < 1.29 is 4.74 Å². The molecule has 0 aliphatic rings. The summed E-state index contributed by atoms with van der Waals surface area (Å²) in [4.78, 5) is 13.6. The number of anilines is 1. The molecule has 0 saturated carbocycles. The van der Waals surface area contributed by atoms with E-state index in [2.05, 4.69) is 45.8 Å². The molecule has 0 aliphatic carbocycles. The summed E-state index contributed by atoms with van der Waals surface area (Å²) in [5.41, 5.74) is 4.35. The fourth-order valence-electron chi connectivity index (χ4n) is 3.07. The zero-order valence-corrected chi connectivity index (χ0v) is 16.8. The van der Waals surface area contributed by atoms with Gasteiger partial charge in [0.15, 0.2) is 0 Å². The lowest BCUT2D eigenvalue weighted by atomic mass is 10.1. The molecule has 28 heavy (non-hydrogen) atoms. The molecule has 0 amide bonds. The molecule has 5 nitrogen and oxygen atoms in total. The summed E-state index contributed by atoms with van der Waals surface area (Å²) in [7, 11) is 1.67. The van der Waals surface area contributed by atoms with Crippen molar-refractivity contribution in [1.82, 2.24) is 15.0 Å². The molecule has 0 radical (unpaired) electrons. The molecule has 2 aromatic carbocycles. The van der Waals surface area contributed by atoms with Crippen LogP contribution in [-0.2, 0) is 12.8 Å². The largest absolute Gasteiger partial charge is 0.497 e. The van der Waals surface area contributed by atoms with Gasteiger partial charge < -0.3 is 10.1 Å². The van der Waals surface area contributed by atoms with E-state index in [0.717, 1.165) is 58.1 Å². The van der Waals surface area contributed by atoms with Gasteiger partial charge in [-0.2, -0.15) is 0 Å². The van der Waals surface area contributed by atoms with Crippen molar-refractivity contribution >= 4 is 28.1 Å². The van der Waals surface area contributed by atoms with Crippen molar-refractivity contribution in [2.75, 3.05) is 19.0 Å². The van der Waals surface area contributed by atoms with E-state index in [1.165, 1.54) is 5.56 Å². The van der Waals surface area contributed by atoms with Crippen molar-refractivity contribution in [3.8, 4) is 17.0 Å². The molecule has 0 atom stereocenters. The van der Waals surface area contributed by atoms with Crippen LogP contribution in [0.5, 0.6) is 5.75 Å². The number of nitrogens with one attached hydrogen (secondary N) is 1. The average molecular weight is 391 g/mol. The summed E-state index contributed by atoms with van der Waals surface area (Å²) in [6.07, 6.45) is 3.46. The highest BCUT2D eigenvalue weighted by molar-refractivity contribution is 7.09. The van der Waals surface area contributed by atoms with Crippen molar-refractivity contribution in [3.63, 3.8) is 0 Å². The van der Waals surface area contributed by atoms with Crippen LogP contribution in [0.3, 0.4) is 0 Å². The molecule has 2 aromatic heterocycles. The van der Waals surface area contributed by atoms with Crippen LogP contribution in [0.1, 0.15) is 17.5 Å². The van der Waals surface area contributed by atoms with E-state index >= 15 is 0 Å². The Bertz CT molecular complexity index is 1080. The molecule has 142 valence electrons. The lowest BCUT2D eigenvalue weighted by Gasteiger charge is -2.08. The van der Waals surface area contributed by atoms with Gasteiger partial charge in [-0.1, -0.05) is 13.0 Å². The van der Waals surface area contributed by atoms with E-state index in [1.54, 1.807) is 24.8 Å². The normalized spacial score (nSPS) is 10.9. The molecule has 0 unspecified atom stereocenters. The molecule has 0 bridgehead atoms. The van der Waals surface area contributed by atoms with E-state index in [0.29, 0.717) is 0 Å². The van der Waals surface area contributed by atoms with E-state index in [9.17, 15) is 0 Å². The van der Waals surface area contributed by atoms with E-state index in [1.807, 2.05) is 24.3 Å². The number of aromatic nitrogens is 3. The first-order chi connectivity index (χ1) is 13.8. The lowest BCUT2D eigenvalue weighted by molar-refractivity contribution is 0.415. The molecule has 4 rings (SSSR count). The number of thiazole rings is 1. The molecule has 4 aromatic rings. The Morgan fingerprint density at radius 1 is 1.07 bits per heavy atom. The summed E-state index contributed by atoms with van der Waals surface area (Å²) < 4.78 is 5.21. The van der Waals surface area contributed by atoms with Crippen LogP contribution >= 0.6 is 11.3 Å². The first kappa shape index (κ1) is 18.4. The number of benzene rings is 2. The molecular formula is C22H22N4OS. The van der Waals surface area contributed by atoms with Crippen LogP contribution in [0, 0.1) is 0 Å². The van der Waals surface area contributed by atoms with Gasteiger partial charge in [0.25, 0.3) is 0 Å². The van der Waals surface area contributed by atoms with Crippen LogP contribution in [0.25, 0.3) is 22.2 Å². The lowest BCUT2D eigenvalue weighted by Crippen LogP contribution is -2.07. The van der Waals surface area contributed by atoms with Crippen molar-refractivity contribution in [1.29, 1.82) is 0 Å². The van der Waals surface area contributed by atoms with Gasteiger partial charge >= 0.3 is 0 Å². The third-order valence-corrected chi connectivity index (χ3v) is 5.59. The quantitative estimate of drug-likeness (QED) is 0.482. The van der Waals surface area contributed by atoms with Gasteiger partial charge in [-0.3, -0.25) is 0 Å². The maximum absolute atomic E-state index is 5.21. The Hall–Kier alpha value is -2.99. The Labute approximate surface area is 168 Å². The molecule has 2 heterocycles. The SMILES string of the molecule is CCc1ccc2ncnc(NCCc3nc(-c4ccc(OC)cc4)cs3)c2c1. The molecule has 1 N–H and O–H groups in total. The number of hydrogen-bond acceptors (Lipinski definition) is 6. The van der Waals surface area contributed by atoms with Crippen LogP contribution in [0.2, 0.25) is 0 Å². The Balaban J connectivity index is 1.43. The number of methoxy groups -OCH3 is 1.